The summed E-state index contributed by atoms with van der Waals surface area (Å²) < 4.78 is 5.17. The number of hydrogen-bond acceptors (Lipinski definition) is 7. The third-order valence-corrected chi connectivity index (χ3v) is 7.44. The second kappa shape index (κ2) is 20.9. The van der Waals surface area contributed by atoms with Crippen LogP contribution in [0.25, 0.3) is 17.1 Å². The Morgan fingerprint density at radius 2 is 1.48 bits per heavy atom. The van der Waals surface area contributed by atoms with Gasteiger partial charge in [0.05, 0.1) is 48.4 Å². The van der Waals surface area contributed by atoms with Crippen molar-refractivity contribution in [2.75, 3.05) is 29.9 Å². The molecule has 266 valence electrons. The number of hydrogen-bond donors (Lipinski definition) is 3. The van der Waals surface area contributed by atoms with Gasteiger partial charge >= 0.3 is 0 Å². The second-order valence-electron chi connectivity index (χ2n) is 9.95. The Morgan fingerprint density at radius 1 is 0.900 bits per heavy atom. The molecule has 0 aliphatic rings. The molecule has 0 atom stereocenters. The molecule has 17 heteroatoms. The van der Waals surface area contributed by atoms with Crippen LogP contribution in [-0.4, -0.2) is 65.2 Å². The lowest BCUT2D eigenvalue weighted by Crippen LogP contribution is -2.77. The number of nitrogens with zero attached hydrogens (tertiary/aromatic N) is 9. The summed E-state index contributed by atoms with van der Waals surface area (Å²) in [6.45, 7) is 9.81. The highest BCUT2D eigenvalue weighted by Gasteiger charge is 2.18. The lowest BCUT2D eigenvalue weighted by molar-refractivity contribution is -0.660. The van der Waals surface area contributed by atoms with E-state index in [1.165, 1.54) is 6.92 Å². The predicted molar refractivity (Wildman–Crippen MR) is 202 cm³/mol. The van der Waals surface area contributed by atoms with Crippen LogP contribution < -0.4 is 20.2 Å². The van der Waals surface area contributed by atoms with Gasteiger partial charge in [-0.05, 0) is 51.1 Å². The maximum absolute atomic E-state index is 11.5. The fourth-order valence-electron chi connectivity index (χ4n) is 4.39. The SMILES string of the molecule is C.CCN(C(C)=O)c1cn(-c2cccnc2)nc1Cl.CCNc1cn(-c2cccnc2)nc1Cl.CC[NH2+]c1c[n+](-c2cccnc2)[nH]c1Cl.Cl. The van der Waals surface area contributed by atoms with E-state index in [9.17, 15) is 4.79 Å². The van der Waals surface area contributed by atoms with E-state index in [0.29, 0.717) is 27.7 Å². The minimum absolute atomic E-state index is 0. The monoisotopic (exact) mass is 762 g/mol. The normalized spacial score (nSPS) is 9.98. The summed E-state index contributed by atoms with van der Waals surface area (Å²) in [5.74, 6) is -0.0647. The number of nitrogens with one attached hydrogen (secondary N) is 2. The van der Waals surface area contributed by atoms with Gasteiger partial charge in [-0.25, -0.2) is 9.36 Å². The van der Waals surface area contributed by atoms with Gasteiger partial charge in [0.2, 0.25) is 16.7 Å². The molecule has 0 radical (unpaired) electrons. The Morgan fingerprint density at radius 3 is 1.98 bits per heavy atom. The van der Waals surface area contributed by atoms with Gasteiger partial charge in [0.15, 0.2) is 10.3 Å². The molecule has 6 heterocycles. The molecule has 50 heavy (non-hydrogen) atoms. The zero-order valence-corrected chi connectivity index (χ0v) is 30.4. The first-order valence-electron chi connectivity index (χ1n) is 15.1. The third kappa shape index (κ3) is 11.3. The van der Waals surface area contributed by atoms with E-state index < -0.39 is 0 Å². The summed E-state index contributed by atoms with van der Waals surface area (Å²) in [4.78, 5) is 25.2. The van der Waals surface area contributed by atoms with Crippen molar-refractivity contribution in [2.24, 2.45) is 0 Å². The van der Waals surface area contributed by atoms with Crippen LogP contribution in [0.2, 0.25) is 15.5 Å². The van der Waals surface area contributed by atoms with E-state index in [1.54, 1.807) is 57.6 Å². The van der Waals surface area contributed by atoms with Gasteiger partial charge in [0.1, 0.15) is 11.9 Å². The van der Waals surface area contributed by atoms with E-state index in [4.69, 9.17) is 34.8 Å². The van der Waals surface area contributed by atoms with Crippen molar-refractivity contribution in [1.29, 1.82) is 0 Å². The maximum atomic E-state index is 11.5. The molecule has 4 N–H and O–H groups in total. The molecular formula is C33H42Cl4N12O+2. The molecule has 0 saturated heterocycles. The molecule has 1 amide bonds. The highest BCUT2D eigenvalue weighted by Crippen LogP contribution is 2.26. The van der Waals surface area contributed by atoms with Crippen LogP contribution in [0.1, 0.15) is 35.1 Å². The van der Waals surface area contributed by atoms with Crippen molar-refractivity contribution < 1.29 is 14.8 Å². The van der Waals surface area contributed by atoms with Gasteiger partial charge in [-0.15, -0.1) is 17.5 Å². The molecule has 0 aliphatic carbocycles. The molecule has 6 aromatic heterocycles. The van der Waals surface area contributed by atoms with Gasteiger partial charge in [0.25, 0.3) is 11.9 Å². The number of halogens is 4. The Labute approximate surface area is 313 Å². The topological polar surface area (TPSA) is 143 Å². The molecule has 6 rings (SSSR count). The van der Waals surface area contributed by atoms with Crippen molar-refractivity contribution in [3.05, 3.63) is 108 Å². The zero-order valence-electron chi connectivity index (χ0n) is 27.3. The Hall–Kier alpha value is -4.53. The zero-order chi connectivity index (χ0) is 34.5. The van der Waals surface area contributed by atoms with E-state index >= 15 is 0 Å². The Kier molecular flexibility index (Phi) is 17.4. The lowest BCUT2D eigenvalue weighted by atomic mass is 10.4. The van der Waals surface area contributed by atoms with Crippen LogP contribution in [0, 0.1) is 0 Å². The van der Waals surface area contributed by atoms with Crippen molar-refractivity contribution in [2.45, 2.75) is 35.1 Å². The molecule has 0 saturated carbocycles. The first-order chi connectivity index (χ1) is 23.2. The number of rotatable bonds is 9. The van der Waals surface area contributed by atoms with Crippen molar-refractivity contribution in [3.8, 4) is 17.1 Å². The minimum Gasteiger partial charge on any atom is -0.382 e. The number of carbonyl (C=O) groups is 1. The van der Waals surface area contributed by atoms with Gasteiger partial charge in [0, 0.05) is 44.7 Å². The summed E-state index contributed by atoms with van der Waals surface area (Å²) in [5.41, 5.74) is 5.12. The van der Waals surface area contributed by atoms with Crippen molar-refractivity contribution >= 4 is 70.2 Å². The number of nitrogens with two attached hydrogens (primary N) is 1. The van der Waals surface area contributed by atoms with Gasteiger partial charge in [-0.3, -0.25) is 19.7 Å². The van der Waals surface area contributed by atoms with E-state index in [1.807, 2.05) is 67.3 Å². The maximum Gasteiger partial charge on any atom is 0.264 e. The molecule has 0 aromatic carbocycles. The first kappa shape index (κ1) is 41.6. The fourth-order valence-corrected chi connectivity index (χ4v) is 5.03. The van der Waals surface area contributed by atoms with E-state index in [-0.39, 0.29) is 25.7 Å². The molecule has 13 nitrogen and oxygen atoms in total. The molecule has 0 fully saturated rings. The number of H-pyrrole nitrogens is 1. The standard InChI is InChI=1S/C12H13ClN4O.2C10H11ClN4.CH4.ClH/c1-3-16(9(2)18)11-8-17(15-12(11)13)10-5-4-6-14-7-10;2*1-2-13-9-7-15(14-10(9)11)8-4-3-5-12-6-8;;/h4-8H,3H2,1-2H3;2*3-7,13H,2H2,1H3;1H4;1H/p+2. The van der Waals surface area contributed by atoms with Crippen molar-refractivity contribution in [1.82, 2.24) is 39.6 Å². The van der Waals surface area contributed by atoms with Crippen LogP contribution in [0.4, 0.5) is 17.1 Å². The number of quaternary nitrogens is 1. The second-order valence-corrected chi connectivity index (χ2v) is 11.0. The Bertz CT molecular complexity index is 1780. The fraction of sp³-hybridized carbons (Fsp3) is 0.242. The number of carbonyl (C=O) groups excluding carboxylic acids is 1. The molecule has 0 spiro atoms. The van der Waals surface area contributed by atoms with Crippen molar-refractivity contribution in [3.63, 3.8) is 0 Å². The van der Waals surface area contributed by atoms with Crippen LogP contribution >= 0.6 is 47.2 Å². The smallest absolute Gasteiger partial charge is 0.264 e. The molecule has 6 aromatic rings. The third-order valence-electron chi connectivity index (χ3n) is 6.58. The number of amides is 1. The summed E-state index contributed by atoms with van der Waals surface area (Å²) >= 11 is 18.1. The van der Waals surface area contributed by atoms with E-state index in [2.05, 4.69) is 47.8 Å². The molecule has 0 aliphatic heterocycles. The number of anilines is 2. The minimum atomic E-state index is -0.0647. The highest BCUT2D eigenvalue weighted by atomic mass is 35.5. The number of pyridine rings is 3. The van der Waals surface area contributed by atoms with Crippen LogP contribution in [0.3, 0.4) is 0 Å². The summed E-state index contributed by atoms with van der Waals surface area (Å²) in [5, 5.41) is 18.0. The lowest BCUT2D eigenvalue weighted by Gasteiger charge is -2.16. The average molecular weight is 765 g/mol. The van der Waals surface area contributed by atoms with Gasteiger partial charge in [-0.1, -0.05) is 46.9 Å². The predicted octanol–water partition coefficient (Wildman–Crippen LogP) is 6.26. The molecular weight excluding hydrogens is 722 g/mol. The van der Waals surface area contributed by atoms with Gasteiger partial charge < -0.3 is 15.5 Å². The van der Waals surface area contributed by atoms with Crippen LogP contribution in [0.15, 0.2) is 92.2 Å². The Balaban J connectivity index is 0.000000256. The quantitative estimate of drug-likeness (QED) is 0.148. The highest BCUT2D eigenvalue weighted by molar-refractivity contribution is 6.32. The summed E-state index contributed by atoms with van der Waals surface area (Å²) in [7, 11) is 0. The summed E-state index contributed by atoms with van der Waals surface area (Å²) in [6.07, 6.45) is 15.9. The van der Waals surface area contributed by atoms with Gasteiger partial charge in [-0.2, -0.15) is 10.2 Å². The van der Waals surface area contributed by atoms with Crippen LogP contribution in [-0.2, 0) is 4.79 Å². The molecule has 0 bridgehead atoms. The largest absolute Gasteiger partial charge is 0.382 e. The number of aromatic amines is 1. The molecule has 0 unspecified atom stereocenters. The first-order valence-corrected chi connectivity index (χ1v) is 16.3. The number of aromatic nitrogens is 9. The van der Waals surface area contributed by atoms with Crippen LogP contribution in [0.5, 0.6) is 0 Å². The summed E-state index contributed by atoms with van der Waals surface area (Å²) in [6, 6.07) is 11.3. The van der Waals surface area contributed by atoms with E-state index in [0.717, 1.165) is 41.5 Å². The average Bonchev–Trinajstić information content (AvgIpc) is 3.80.